The number of aromatic nitrogens is 2. The molecule has 0 radical (unpaired) electrons. The fraction of sp³-hybridized carbons (Fsp3) is 0.421. The van der Waals surface area contributed by atoms with Gasteiger partial charge in [-0.05, 0) is 44.9 Å². The van der Waals surface area contributed by atoms with Crippen molar-refractivity contribution >= 4 is 29.2 Å². The molecule has 1 unspecified atom stereocenters. The van der Waals surface area contributed by atoms with Crippen molar-refractivity contribution in [2.45, 2.75) is 38.8 Å². The Morgan fingerprint density at radius 1 is 1.38 bits per heavy atom. The van der Waals surface area contributed by atoms with Crippen LogP contribution in [-0.4, -0.2) is 39.1 Å². The molecule has 3 rings (SSSR count). The Morgan fingerprint density at radius 3 is 2.88 bits per heavy atom. The number of amides is 2. The van der Waals surface area contributed by atoms with E-state index in [-0.39, 0.29) is 23.9 Å². The van der Waals surface area contributed by atoms with Crippen molar-refractivity contribution < 1.29 is 9.59 Å². The van der Waals surface area contributed by atoms with Crippen molar-refractivity contribution in [3.8, 4) is 0 Å². The predicted octanol–water partition coefficient (Wildman–Crippen LogP) is 3.00. The minimum Gasteiger partial charge on any atom is -0.349 e. The maximum atomic E-state index is 12.6. The third-order valence-corrected chi connectivity index (χ3v) is 5.46. The van der Waals surface area contributed by atoms with Crippen molar-refractivity contribution in [3.63, 3.8) is 0 Å². The van der Waals surface area contributed by atoms with Crippen molar-refractivity contribution in [3.05, 3.63) is 45.9 Å². The highest BCUT2D eigenvalue weighted by Crippen LogP contribution is 2.36. The molecule has 138 valence electrons. The van der Waals surface area contributed by atoms with Gasteiger partial charge in [0, 0.05) is 42.3 Å². The largest absolute Gasteiger partial charge is 0.349 e. The summed E-state index contributed by atoms with van der Waals surface area (Å²) in [4.78, 5) is 28.4. The fourth-order valence-electron chi connectivity index (χ4n) is 3.10. The van der Waals surface area contributed by atoms with Gasteiger partial charge in [0.05, 0.1) is 17.1 Å². The molecule has 1 atom stereocenters. The maximum absolute atomic E-state index is 12.6. The molecule has 0 spiro atoms. The molecular weight excluding hydrogens is 348 g/mol. The topological polar surface area (TPSA) is 67.2 Å². The Hall–Kier alpha value is -2.41. The molecule has 0 saturated carbocycles. The molecule has 0 bridgehead atoms. The van der Waals surface area contributed by atoms with Gasteiger partial charge in [-0.25, -0.2) is 0 Å². The highest BCUT2D eigenvalue weighted by molar-refractivity contribution is 7.14. The summed E-state index contributed by atoms with van der Waals surface area (Å²) in [6, 6.07) is 3.98. The molecule has 6 nitrogen and oxygen atoms in total. The second-order valence-electron chi connectivity index (χ2n) is 6.80. The quantitative estimate of drug-likeness (QED) is 0.821. The van der Waals surface area contributed by atoms with Gasteiger partial charge in [0.1, 0.15) is 0 Å². The van der Waals surface area contributed by atoms with Crippen LogP contribution in [-0.2, 0) is 11.8 Å². The summed E-state index contributed by atoms with van der Waals surface area (Å²) in [5.74, 6) is -0.0541. The number of hydrogen-bond acceptors (Lipinski definition) is 4. The van der Waals surface area contributed by atoms with Crippen LogP contribution in [0.3, 0.4) is 0 Å². The third kappa shape index (κ3) is 4.22. The van der Waals surface area contributed by atoms with E-state index in [0.717, 1.165) is 29.8 Å². The summed E-state index contributed by atoms with van der Waals surface area (Å²) < 4.78 is 1.71. The first kappa shape index (κ1) is 18.4. The molecule has 3 heterocycles. The fourth-order valence-corrected chi connectivity index (χ4v) is 4.16. The highest BCUT2D eigenvalue weighted by Gasteiger charge is 2.30. The number of hydrogen-bond donors (Lipinski definition) is 1. The Kier molecular flexibility index (Phi) is 5.56. The molecule has 1 aliphatic rings. The van der Waals surface area contributed by atoms with Crippen LogP contribution in [0.1, 0.15) is 52.8 Å². The van der Waals surface area contributed by atoms with Crippen molar-refractivity contribution in [2.75, 3.05) is 6.54 Å². The van der Waals surface area contributed by atoms with Crippen LogP contribution in [0.5, 0.6) is 0 Å². The second-order valence-corrected chi connectivity index (χ2v) is 7.92. The van der Waals surface area contributed by atoms with E-state index >= 15 is 0 Å². The summed E-state index contributed by atoms with van der Waals surface area (Å²) in [5, 5.41) is 7.01. The van der Waals surface area contributed by atoms with Crippen molar-refractivity contribution in [1.29, 1.82) is 0 Å². The average molecular weight is 372 g/mol. The smallest absolute Gasteiger partial charge is 0.261 e. The van der Waals surface area contributed by atoms with E-state index in [1.165, 1.54) is 11.3 Å². The van der Waals surface area contributed by atoms with Gasteiger partial charge in [-0.1, -0.05) is 0 Å². The van der Waals surface area contributed by atoms with Gasteiger partial charge < -0.3 is 10.2 Å². The lowest BCUT2D eigenvalue weighted by Gasteiger charge is -2.22. The van der Waals surface area contributed by atoms with Gasteiger partial charge in [-0.3, -0.25) is 14.3 Å². The van der Waals surface area contributed by atoms with Crippen LogP contribution in [0.25, 0.3) is 6.08 Å². The standard InChI is InChI=1S/C19H24N4O2S/c1-13(2)21-19(25)17-8-7-16(26-17)15-5-4-10-23(15)18(24)9-6-14-11-20-22(3)12-14/h6-9,11-13,15H,4-5,10H2,1-3H3,(H,21,25)/b9-6+. The first-order valence-corrected chi connectivity index (χ1v) is 9.63. The molecule has 7 heteroatoms. The molecule has 1 aliphatic heterocycles. The SMILES string of the molecule is CC(C)NC(=O)c1ccc(C2CCCN2C(=O)/C=C/c2cnn(C)c2)s1. The summed E-state index contributed by atoms with van der Waals surface area (Å²) in [5.41, 5.74) is 0.903. The molecule has 0 aromatic carbocycles. The summed E-state index contributed by atoms with van der Waals surface area (Å²) in [7, 11) is 1.85. The molecule has 2 aromatic rings. The molecule has 26 heavy (non-hydrogen) atoms. The Balaban J connectivity index is 1.70. The monoisotopic (exact) mass is 372 g/mol. The van der Waals surface area contributed by atoms with Crippen molar-refractivity contribution in [2.24, 2.45) is 7.05 Å². The van der Waals surface area contributed by atoms with Crippen LogP contribution < -0.4 is 5.32 Å². The molecule has 0 aliphatic carbocycles. The lowest BCUT2D eigenvalue weighted by Crippen LogP contribution is -2.29. The highest BCUT2D eigenvalue weighted by atomic mass is 32.1. The molecule has 1 saturated heterocycles. The molecular formula is C19H24N4O2S. The molecule has 2 amide bonds. The number of aryl methyl sites for hydroxylation is 1. The normalized spacial score (nSPS) is 17.4. The zero-order chi connectivity index (χ0) is 18.7. The van der Waals surface area contributed by atoms with Crippen LogP contribution in [0.4, 0.5) is 0 Å². The lowest BCUT2D eigenvalue weighted by molar-refractivity contribution is -0.126. The van der Waals surface area contributed by atoms with E-state index in [1.807, 2.05) is 44.1 Å². The number of rotatable bonds is 5. The average Bonchev–Trinajstić information content (AvgIpc) is 3.31. The van der Waals surface area contributed by atoms with E-state index in [2.05, 4.69) is 10.4 Å². The van der Waals surface area contributed by atoms with Crippen LogP contribution in [0.2, 0.25) is 0 Å². The first-order chi connectivity index (χ1) is 12.4. The summed E-state index contributed by atoms with van der Waals surface area (Å²) in [6.45, 7) is 4.63. The van der Waals surface area contributed by atoms with Crippen LogP contribution in [0, 0.1) is 0 Å². The zero-order valence-electron chi connectivity index (χ0n) is 15.3. The van der Waals surface area contributed by atoms with E-state index in [1.54, 1.807) is 23.0 Å². The number of carbonyl (C=O) groups is 2. The predicted molar refractivity (Wildman–Crippen MR) is 103 cm³/mol. The zero-order valence-corrected chi connectivity index (χ0v) is 16.1. The molecule has 2 aromatic heterocycles. The van der Waals surface area contributed by atoms with Gasteiger partial charge >= 0.3 is 0 Å². The summed E-state index contributed by atoms with van der Waals surface area (Å²) >= 11 is 1.48. The molecule has 1 N–H and O–H groups in total. The Morgan fingerprint density at radius 2 is 2.19 bits per heavy atom. The number of thiophene rings is 1. The summed E-state index contributed by atoms with van der Waals surface area (Å²) in [6.07, 6.45) is 8.89. The maximum Gasteiger partial charge on any atom is 0.261 e. The van der Waals surface area contributed by atoms with Gasteiger partial charge in [0.25, 0.3) is 5.91 Å². The van der Waals surface area contributed by atoms with Gasteiger partial charge in [-0.2, -0.15) is 5.10 Å². The Labute approximate surface area is 157 Å². The van der Waals surface area contributed by atoms with Gasteiger partial charge in [0.2, 0.25) is 5.91 Å². The second kappa shape index (κ2) is 7.86. The van der Waals surface area contributed by atoms with Gasteiger partial charge in [0.15, 0.2) is 0 Å². The van der Waals surface area contributed by atoms with Gasteiger partial charge in [-0.15, -0.1) is 11.3 Å². The minimum atomic E-state index is -0.0522. The van der Waals surface area contributed by atoms with E-state index in [4.69, 9.17) is 0 Å². The first-order valence-electron chi connectivity index (χ1n) is 8.82. The van der Waals surface area contributed by atoms with Crippen LogP contribution in [0.15, 0.2) is 30.6 Å². The molecule has 1 fully saturated rings. The lowest BCUT2D eigenvalue weighted by atomic mass is 10.2. The number of nitrogens with zero attached hydrogens (tertiary/aromatic N) is 3. The number of likely N-dealkylation sites (tertiary alicyclic amines) is 1. The van der Waals surface area contributed by atoms with Crippen LogP contribution >= 0.6 is 11.3 Å². The van der Waals surface area contributed by atoms with E-state index < -0.39 is 0 Å². The Bertz CT molecular complexity index is 821. The van der Waals surface area contributed by atoms with Crippen molar-refractivity contribution in [1.82, 2.24) is 20.0 Å². The third-order valence-electron chi connectivity index (χ3n) is 4.28. The van der Waals surface area contributed by atoms with E-state index in [0.29, 0.717) is 4.88 Å². The minimum absolute atomic E-state index is 0.00191. The van der Waals surface area contributed by atoms with E-state index in [9.17, 15) is 9.59 Å². The number of nitrogens with one attached hydrogen (secondary N) is 1. The number of carbonyl (C=O) groups excluding carboxylic acids is 2.